The first-order chi connectivity index (χ1) is 14.3. The molecular formula is C21H22N4O5. The van der Waals surface area contributed by atoms with Gasteiger partial charge in [-0.25, -0.2) is 0 Å². The van der Waals surface area contributed by atoms with Crippen LogP contribution in [0.3, 0.4) is 0 Å². The Morgan fingerprint density at radius 1 is 0.967 bits per heavy atom. The molecule has 4 N–H and O–H groups in total. The normalized spacial score (nSPS) is 10.5. The van der Waals surface area contributed by atoms with Gasteiger partial charge in [-0.05, 0) is 13.0 Å². The molecule has 0 saturated carbocycles. The summed E-state index contributed by atoms with van der Waals surface area (Å²) in [5.41, 5.74) is 11.9. The van der Waals surface area contributed by atoms with Crippen molar-refractivity contribution in [2.24, 2.45) is 16.5 Å². The molecule has 1 heterocycles. The lowest BCUT2D eigenvalue weighted by atomic mass is 10.0. The van der Waals surface area contributed by atoms with Gasteiger partial charge in [0.05, 0.1) is 32.6 Å². The second-order valence-electron chi connectivity index (χ2n) is 6.49. The van der Waals surface area contributed by atoms with Gasteiger partial charge in [0, 0.05) is 29.1 Å². The van der Waals surface area contributed by atoms with Gasteiger partial charge in [0.2, 0.25) is 5.75 Å². The number of nitrogens with two attached hydrogens (primary N) is 2. The highest BCUT2D eigenvalue weighted by molar-refractivity contribution is 6.10. The Labute approximate surface area is 172 Å². The van der Waals surface area contributed by atoms with Crippen molar-refractivity contribution in [2.75, 3.05) is 21.3 Å². The van der Waals surface area contributed by atoms with Crippen molar-refractivity contribution in [3.63, 3.8) is 0 Å². The molecule has 2 aromatic carbocycles. The van der Waals surface area contributed by atoms with Gasteiger partial charge >= 0.3 is 0 Å². The van der Waals surface area contributed by atoms with Gasteiger partial charge in [0.25, 0.3) is 11.5 Å². The summed E-state index contributed by atoms with van der Waals surface area (Å²) in [6.45, 7) is 1.86. The Bertz CT molecular complexity index is 1200. The lowest BCUT2D eigenvalue weighted by Crippen LogP contribution is -2.25. The van der Waals surface area contributed by atoms with Crippen molar-refractivity contribution in [3.8, 4) is 22.9 Å². The van der Waals surface area contributed by atoms with Crippen molar-refractivity contribution in [1.82, 2.24) is 4.57 Å². The third-order valence-corrected chi connectivity index (χ3v) is 4.56. The maximum Gasteiger partial charge on any atom is 0.282 e. The number of methoxy groups -OCH3 is 3. The van der Waals surface area contributed by atoms with E-state index in [0.717, 1.165) is 5.56 Å². The molecule has 0 saturated heterocycles. The van der Waals surface area contributed by atoms with Crippen molar-refractivity contribution < 1.29 is 19.0 Å². The number of guanidine groups is 1. The van der Waals surface area contributed by atoms with Crippen molar-refractivity contribution >= 4 is 22.6 Å². The van der Waals surface area contributed by atoms with Gasteiger partial charge in [-0.2, -0.15) is 4.99 Å². The molecule has 0 unspecified atom stereocenters. The third kappa shape index (κ3) is 3.64. The number of pyridine rings is 1. The molecule has 0 radical (unpaired) electrons. The summed E-state index contributed by atoms with van der Waals surface area (Å²) in [7, 11) is 4.43. The summed E-state index contributed by atoms with van der Waals surface area (Å²) < 4.78 is 17.4. The number of aryl methyl sites for hydroxylation is 1. The van der Waals surface area contributed by atoms with Crippen LogP contribution in [0.15, 0.2) is 46.3 Å². The predicted molar refractivity (Wildman–Crippen MR) is 114 cm³/mol. The highest BCUT2D eigenvalue weighted by atomic mass is 16.5. The molecule has 0 aliphatic carbocycles. The monoisotopic (exact) mass is 410 g/mol. The number of carbonyl (C=O) groups is 1. The van der Waals surface area contributed by atoms with Crippen molar-refractivity contribution in [3.05, 3.63) is 58.0 Å². The maximum atomic E-state index is 13.2. The van der Waals surface area contributed by atoms with Crippen LogP contribution in [0.5, 0.6) is 17.2 Å². The third-order valence-electron chi connectivity index (χ3n) is 4.56. The summed E-state index contributed by atoms with van der Waals surface area (Å²) in [6, 6.07) is 8.41. The Balaban J connectivity index is 2.39. The molecule has 0 bridgehead atoms. The fourth-order valence-corrected chi connectivity index (χ4v) is 3.20. The predicted octanol–water partition coefficient (Wildman–Crippen LogP) is 1.74. The molecule has 1 aromatic heterocycles. The number of benzene rings is 2. The van der Waals surface area contributed by atoms with Gasteiger partial charge in [-0.15, -0.1) is 0 Å². The summed E-state index contributed by atoms with van der Waals surface area (Å²) in [5.74, 6) is 0.0721. The molecular weight excluding hydrogens is 388 g/mol. The Morgan fingerprint density at radius 2 is 1.60 bits per heavy atom. The van der Waals surface area contributed by atoms with Gasteiger partial charge in [-0.3, -0.25) is 14.2 Å². The zero-order chi connectivity index (χ0) is 22.0. The van der Waals surface area contributed by atoms with E-state index in [2.05, 4.69) is 4.99 Å². The zero-order valence-electron chi connectivity index (χ0n) is 17.1. The molecule has 0 aliphatic heterocycles. The molecule has 156 valence electrons. The smallest absolute Gasteiger partial charge is 0.282 e. The van der Waals surface area contributed by atoms with Crippen LogP contribution in [0.1, 0.15) is 15.9 Å². The first-order valence-electron chi connectivity index (χ1n) is 8.91. The number of hydrogen-bond donors (Lipinski definition) is 2. The van der Waals surface area contributed by atoms with Gasteiger partial charge in [0.15, 0.2) is 17.5 Å². The highest BCUT2D eigenvalue weighted by Gasteiger charge is 2.19. The summed E-state index contributed by atoms with van der Waals surface area (Å²) >= 11 is 0. The highest BCUT2D eigenvalue weighted by Crippen LogP contribution is 2.39. The number of nitrogens with zero attached hydrogens (tertiary/aromatic N) is 2. The first kappa shape index (κ1) is 20.7. The number of aliphatic imine (C=N–C) groups is 1. The fourth-order valence-electron chi connectivity index (χ4n) is 3.20. The van der Waals surface area contributed by atoms with E-state index in [1.54, 1.807) is 30.3 Å². The molecule has 3 rings (SSSR count). The van der Waals surface area contributed by atoms with E-state index < -0.39 is 5.91 Å². The molecule has 0 fully saturated rings. The number of hydrogen-bond acceptors (Lipinski definition) is 5. The lowest BCUT2D eigenvalue weighted by Gasteiger charge is -2.16. The van der Waals surface area contributed by atoms with Crippen LogP contribution in [-0.4, -0.2) is 37.8 Å². The second kappa shape index (κ2) is 8.16. The maximum absolute atomic E-state index is 13.2. The van der Waals surface area contributed by atoms with Crippen LogP contribution in [0.25, 0.3) is 16.5 Å². The van der Waals surface area contributed by atoms with Gasteiger partial charge < -0.3 is 25.7 Å². The molecule has 0 aliphatic rings. The fraction of sp³-hybridized carbons (Fsp3) is 0.190. The van der Waals surface area contributed by atoms with Crippen LogP contribution >= 0.6 is 0 Å². The number of amides is 1. The topological polar surface area (TPSA) is 131 Å². The van der Waals surface area contributed by atoms with Crippen LogP contribution in [0, 0.1) is 6.92 Å². The van der Waals surface area contributed by atoms with Crippen LogP contribution in [0.4, 0.5) is 0 Å². The largest absolute Gasteiger partial charge is 0.493 e. The quantitative estimate of drug-likeness (QED) is 0.484. The van der Waals surface area contributed by atoms with Gasteiger partial charge in [-0.1, -0.05) is 17.7 Å². The SMILES string of the molecule is COc1cc(-n2cc(C(=O)N=C(N)N)c3cc(C)ccc3c2=O)cc(OC)c1OC. The van der Waals surface area contributed by atoms with Crippen LogP contribution in [-0.2, 0) is 0 Å². The zero-order valence-corrected chi connectivity index (χ0v) is 17.1. The Kier molecular flexibility index (Phi) is 5.63. The average Bonchev–Trinajstić information content (AvgIpc) is 2.72. The Hall–Kier alpha value is -4.01. The van der Waals surface area contributed by atoms with E-state index in [9.17, 15) is 9.59 Å². The van der Waals surface area contributed by atoms with Crippen LogP contribution < -0.4 is 31.2 Å². The molecule has 9 heteroatoms. The first-order valence-corrected chi connectivity index (χ1v) is 8.91. The van der Waals surface area contributed by atoms with E-state index in [0.29, 0.717) is 33.7 Å². The van der Waals surface area contributed by atoms with E-state index in [1.165, 1.54) is 32.1 Å². The minimum Gasteiger partial charge on any atom is -0.493 e. The molecule has 0 atom stereocenters. The standard InChI is InChI=1S/C21H22N4O5/c1-11-5-6-13-14(7-11)15(19(26)24-21(22)23)10-25(20(13)27)12-8-16(28-2)18(30-4)17(9-12)29-3/h5-10H,1-4H3,(H4,22,23,24,26). The molecule has 1 amide bonds. The Morgan fingerprint density at radius 3 is 2.13 bits per heavy atom. The molecule has 30 heavy (non-hydrogen) atoms. The minimum absolute atomic E-state index is 0.176. The van der Waals surface area contributed by atoms with E-state index in [4.69, 9.17) is 25.7 Å². The van der Waals surface area contributed by atoms with E-state index >= 15 is 0 Å². The minimum atomic E-state index is -0.660. The summed E-state index contributed by atoms with van der Waals surface area (Å²) in [4.78, 5) is 29.6. The second-order valence-corrected chi connectivity index (χ2v) is 6.49. The van der Waals surface area contributed by atoms with E-state index in [-0.39, 0.29) is 17.1 Å². The van der Waals surface area contributed by atoms with Crippen molar-refractivity contribution in [2.45, 2.75) is 6.92 Å². The molecule has 3 aromatic rings. The molecule has 9 nitrogen and oxygen atoms in total. The summed E-state index contributed by atoms with van der Waals surface area (Å²) in [6.07, 6.45) is 1.40. The number of rotatable bonds is 5. The molecule has 0 spiro atoms. The number of ether oxygens (including phenoxy) is 3. The van der Waals surface area contributed by atoms with Crippen molar-refractivity contribution in [1.29, 1.82) is 0 Å². The van der Waals surface area contributed by atoms with Gasteiger partial charge in [0.1, 0.15) is 0 Å². The number of aromatic nitrogens is 1. The van der Waals surface area contributed by atoms with Crippen LogP contribution in [0.2, 0.25) is 0 Å². The summed E-state index contributed by atoms with van der Waals surface area (Å²) in [5, 5.41) is 0.796. The lowest BCUT2D eigenvalue weighted by molar-refractivity contribution is 0.100. The van der Waals surface area contributed by atoms with E-state index in [1.807, 2.05) is 6.92 Å². The average molecular weight is 410 g/mol. The number of fused-ring (bicyclic) bond motifs is 1. The number of carbonyl (C=O) groups excluding carboxylic acids is 1.